The van der Waals surface area contributed by atoms with Gasteiger partial charge < -0.3 is 9.88 Å². The zero-order chi connectivity index (χ0) is 20.4. The van der Waals surface area contributed by atoms with Crippen molar-refractivity contribution in [1.29, 1.82) is 0 Å². The van der Waals surface area contributed by atoms with Gasteiger partial charge in [0.05, 0.1) is 16.8 Å². The van der Waals surface area contributed by atoms with E-state index in [0.717, 1.165) is 5.56 Å². The van der Waals surface area contributed by atoms with E-state index in [9.17, 15) is 9.59 Å². The summed E-state index contributed by atoms with van der Waals surface area (Å²) in [6.07, 6.45) is 3.45. The molecule has 1 amide bonds. The average molecular weight is 407 g/mol. The lowest BCUT2D eigenvalue weighted by Gasteiger charge is -2.12. The number of nitrogens with zero attached hydrogens (tertiary/aromatic N) is 3. The van der Waals surface area contributed by atoms with Gasteiger partial charge in [0, 0.05) is 30.5 Å². The van der Waals surface area contributed by atoms with Gasteiger partial charge in [0.25, 0.3) is 11.5 Å². The van der Waals surface area contributed by atoms with E-state index in [4.69, 9.17) is 11.6 Å². The Labute approximate surface area is 172 Å². The van der Waals surface area contributed by atoms with Crippen LogP contribution in [0, 0.1) is 0 Å². The highest BCUT2D eigenvalue weighted by Crippen LogP contribution is 2.23. The van der Waals surface area contributed by atoms with Crippen molar-refractivity contribution in [1.82, 2.24) is 19.7 Å². The Morgan fingerprint density at radius 3 is 2.52 bits per heavy atom. The van der Waals surface area contributed by atoms with Gasteiger partial charge in [-0.05, 0) is 30.7 Å². The van der Waals surface area contributed by atoms with E-state index in [-0.39, 0.29) is 18.0 Å². The molecule has 1 N–H and O–H groups in total. The van der Waals surface area contributed by atoms with Crippen LogP contribution in [0.4, 0.5) is 0 Å². The maximum Gasteiger partial charge on any atom is 0.282 e. The van der Waals surface area contributed by atoms with Crippen molar-refractivity contribution in [3.63, 3.8) is 0 Å². The van der Waals surface area contributed by atoms with Crippen LogP contribution in [0.2, 0.25) is 5.02 Å². The summed E-state index contributed by atoms with van der Waals surface area (Å²) >= 11 is 6.18. The molecule has 4 rings (SSSR count). The Kier molecular flexibility index (Phi) is 5.18. The van der Waals surface area contributed by atoms with Crippen LogP contribution in [0.25, 0.3) is 16.9 Å². The number of fused-ring (bicyclic) bond motifs is 1. The van der Waals surface area contributed by atoms with Crippen LogP contribution in [-0.4, -0.2) is 20.3 Å². The molecule has 0 saturated heterocycles. The molecule has 146 valence electrons. The Bertz CT molecular complexity index is 1200. The Morgan fingerprint density at radius 1 is 1.07 bits per heavy atom. The van der Waals surface area contributed by atoms with Crippen LogP contribution >= 0.6 is 11.6 Å². The van der Waals surface area contributed by atoms with Crippen molar-refractivity contribution in [2.75, 3.05) is 0 Å². The fourth-order valence-corrected chi connectivity index (χ4v) is 3.37. The highest BCUT2D eigenvalue weighted by molar-refractivity contribution is 6.31. The largest absolute Gasteiger partial charge is 0.353 e. The number of nitrogens with one attached hydrogen (secondary N) is 1. The molecular formula is C22H19ClN4O2. The second kappa shape index (κ2) is 7.93. The molecule has 0 spiro atoms. The number of halogens is 1. The second-order valence-electron chi connectivity index (χ2n) is 6.59. The third-order valence-corrected chi connectivity index (χ3v) is 5.10. The lowest BCUT2D eigenvalue weighted by molar-refractivity contribution is 0.0950. The minimum Gasteiger partial charge on any atom is -0.353 e. The molecule has 6 nitrogen and oxygen atoms in total. The minimum atomic E-state index is -0.310. The van der Waals surface area contributed by atoms with Crippen LogP contribution in [0.5, 0.6) is 0 Å². The summed E-state index contributed by atoms with van der Waals surface area (Å²) < 4.78 is 3.14. The molecule has 0 unspecified atom stereocenters. The van der Waals surface area contributed by atoms with E-state index < -0.39 is 0 Å². The molecule has 0 fully saturated rings. The summed E-state index contributed by atoms with van der Waals surface area (Å²) in [6.45, 7) is 2.85. The van der Waals surface area contributed by atoms with E-state index in [1.165, 1.54) is 4.68 Å². The molecule has 7 heteroatoms. The van der Waals surface area contributed by atoms with Crippen molar-refractivity contribution in [2.45, 2.75) is 20.0 Å². The fourth-order valence-electron chi connectivity index (χ4n) is 3.17. The molecule has 0 radical (unpaired) electrons. The fraction of sp³-hybridized carbons (Fsp3) is 0.136. The zero-order valence-corrected chi connectivity index (χ0v) is 16.6. The first-order valence-corrected chi connectivity index (χ1v) is 9.66. The topological polar surface area (TPSA) is 68.9 Å². The van der Waals surface area contributed by atoms with Crippen molar-refractivity contribution in [3.05, 3.63) is 93.5 Å². The van der Waals surface area contributed by atoms with Crippen molar-refractivity contribution < 1.29 is 4.79 Å². The standard InChI is InChI=1S/C22H19ClN4O2/c1-2-26-13-17(21(28)24-12-15-8-6-7-11-19(15)23)20-18(14-26)22(29)27(25-20)16-9-4-3-5-10-16/h3-11,13-14H,2,12H2,1H3,(H,24,28). The predicted octanol–water partition coefficient (Wildman–Crippen LogP) is 3.74. The molecule has 2 aliphatic rings. The number of rotatable bonds is 5. The van der Waals surface area contributed by atoms with Crippen LogP contribution in [0.1, 0.15) is 22.8 Å². The molecule has 2 heterocycles. The van der Waals surface area contributed by atoms with Gasteiger partial charge in [-0.1, -0.05) is 48.0 Å². The molecule has 0 saturated carbocycles. The van der Waals surface area contributed by atoms with Crippen molar-refractivity contribution in [3.8, 4) is 16.9 Å². The molecule has 29 heavy (non-hydrogen) atoms. The summed E-state index contributed by atoms with van der Waals surface area (Å²) in [5.74, 6) is -0.310. The van der Waals surface area contributed by atoms with Crippen LogP contribution < -0.4 is 10.9 Å². The van der Waals surface area contributed by atoms with E-state index in [1.54, 1.807) is 30.6 Å². The number of carbonyl (C=O) groups excluding carboxylic acids is 1. The Balaban J connectivity index is 1.74. The first-order chi connectivity index (χ1) is 14.1. The van der Waals surface area contributed by atoms with Gasteiger partial charge in [-0.25, -0.2) is 0 Å². The summed E-state index contributed by atoms with van der Waals surface area (Å²) in [7, 11) is 0. The number of pyridine rings is 1. The quantitative estimate of drug-likeness (QED) is 0.549. The smallest absolute Gasteiger partial charge is 0.282 e. The second-order valence-corrected chi connectivity index (χ2v) is 7.00. The van der Waals surface area contributed by atoms with Crippen LogP contribution in [0.15, 0.2) is 71.8 Å². The number of para-hydroxylation sites is 1. The highest BCUT2D eigenvalue weighted by atomic mass is 35.5. The van der Waals surface area contributed by atoms with E-state index >= 15 is 0 Å². The van der Waals surface area contributed by atoms with Gasteiger partial charge in [0.15, 0.2) is 0 Å². The molecule has 0 aliphatic carbocycles. The van der Waals surface area contributed by atoms with Gasteiger partial charge in [-0.15, -0.1) is 0 Å². The molecule has 2 aromatic carbocycles. The Hall–Kier alpha value is -3.38. The van der Waals surface area contributed by atoms with Gasteiger partial charge in [-0.2, -0.15) is 9.78 Å². The molecule has 0 bridgehead atoms. The summed E-state index contributed by atoms with van der Waals surface area (Å²) in [5, 5.41) is 7.92. The van der Waals surface area contributed by atoms with Crippen molar-refractivity contribution in [2.24, 2.45) is 0 Å². The first kappa shape index (κ1) is 19.0. The third-order valence-electron chi connectivity index (χ3n) is 4.73. The van der Waals surface area contributed by atoms with E-state index in [1.807, 2.05) is 47.9 Å². The van der Waals surface area contributed by atoms with E-state index in [2.05, 4.69) is 10.4 Å². The van der Waals surface area contributed by atoms with Crippen molar-refractivity contribution >= 4 is 17.5 Å². The van der Waals surface area contributed by atoms with Gasteiger partial charge in [-0.3, -0.25) is 9.59 Å². The maximum atomic E-state index is 12.9. The van der Waals surface area contributed by atoms with Gasteiger partial charge in [0.2, 0.25) is 0 Å². The summed E-state index contributed by atoms with van der Waals surface area (Å²) in [6, 6.07) is 16.5. The average Bonchev–Trinajstić information content (AvgIpc) is 3.09. The maximum absolute atomic E-state index is 12.9. The number of hydrogen-bond acceptors (Lipinski definition) is 3. The minimum absolute atomic E-state index is 0.255. The first-order valence-electron chi connectivity index (χ1n) is 9.28. The molecule has 2 aliphatic heterocycles. The third kappa shape index (κ3) is 3.67. The summed E-state index contributed by atoms with van der Waals surface area (Å²) in [4.78, 5) is 25.9. The lowest BCUT2D eigenvalue weighted by atomic mass is 10.1. The number of benzene rings is 2. The molecule has 2 aromatic rings. The summed E-state index contributed by atoms with van der Waals surface area (Å²) in [5.41, 5.74) is 2.34. The highest BCUT2D eigenvalue weighted by Gasteiger charge is 2.24. The monoisotopic (exact) mass is 406 g/mol. The van der Waals surface area contributed by atoms with E-state index in [0.29, 0.717) is 34.1 Å². The zero-order valence-electron chi connectivity index (χ0n) is 15.8. The van der Waals surface area contributed by atoms with Gasteiger partial charge in [0.1, 0.15) is 5.69 Å². The van der Waals surface area contributed by atoms with Crippen LogP contribution in [-0.2, 0) is 13.1 Å². The molecular weight excluding hydrogens is 388 g/mol. The number of amides is 1. The molecule has 0 atom stereocenters. The lowest BCUT2D eigenvalue weighted by Crippen LogP contribution is -2.25. The number of aromatic nitrogens is 3. The predicted molar refractivity (Wildman–Crippen MR) is 113 cm³/mol. The molecule has 0 aromatic heterocycles. The SMILES string of the molecule is CCn1cc(C(=O)NCc2ccccc2Cl)c2nn(-c3ccccc3)c(=O)c-2c1. The normalized spacial score (nSPS) is 11.0. The number of carbonyl (C=O) groups is 1. The number of aryl methyl sites for hydroxylation is 1. The van der Waals surface area contributed by atoms with Gasteiger partial charge >= 0.3 is 0 Å². The number of hydrogen-bond donors (Lipinski definition) is 1. The Morgan fingerprint density at radius 2 is 1.79 bits per heavy atom. The van der Waals surface area contributed by atoms with Crippen LogP contribution in [0.3, 0.4) is 0 Å².